The minimum atomic E-state index is -0.172. The molecule has 0 spiro atoms. The third-order valence-electron chi connectivity index (χ3n) is 7.81. The summed E-state index contributed by atoms with van der Waals surface area (Å²) < 4.78 is 0. The normalized spacial score (nSPS) is 15.1. The Morgan fingerprint density at radius 3 is 2.48 bits per heavy atom. The van der Waals surface area contributed by atoms with Gasteiger partial charge in [-0.1, -0.05) is 89.6 Å². The second-order valence-corrected chi connectivity index (χ2v) is 12.6. The second-order valence-electron chi connectivity index (χ2n) is 11.0. The van der Waals surface area contributed by atoms with Crippen LogP contribution in [-0.4, -0.2) is 36.1 Å². The van der Waals surface area contributed by atoms with Gasteiger partial charge in [0.05, 0.1) is 0 Å². The zero-order valence-corrected chi connectivity index (χ0v) is 27.7. The lowest BCUT2D eigenvalue weighted by Crippen LogP contribution is -2.24. The van der Waals surface area contributed by atoms with Gasteiger partial charge in [0, 0.05) is 57.6 Å². The van der Waals surface area contributed by atoms with Gasteiger partial charge in [0.2, 0.25) is 5.78 Å². The number of oxime groups is 1. The molecule has 0 unspecified atom stereocenters. The van der Waals surface area contributed by atoms with Crippen molar-refractivity contribution in [1.29, 1.82) is 0 Å². The Kier molecular flexibility index (Phi) is 11.7. The fourth-order valence-corrected chi connectivity index (χ4v) is 6.25. The minimum Gasteiger partial charge on any atom is -0.391 e. The maximum Gasteiger partial charge on any atom is 0.210 e. The Morgan fingerprint density at radius 1 is 0.957 bits per heavy atom. The monoisotopic (exact) mass is 648 g/mol. The topological polar surface area (TPSA) is 59.0 Å². The summed E-state index contributed by atoms with van der Waals surface area (Å²) in [7, 11) is 0. The largest absolute Gasteiger partial charge is 0.391 e. The lowest BCUT2D eigenvalue weighted by Gasteiger charge is -2.24. The first-order valence-corrected chi connectivity index (χ1v) is 16.8. The molecule has 46 heavy (non-hydrogen) atoms. The Hall–Kier alpha value is -4.39. The van der Waals surface area contributed by atoms with Gasteiger partial charge in [0.15, 0.2) is 5.78 Å². The van der Waals surface area contributed by atoms with Gasteiger partial charge >= 0.3 is 0 Å². The fourth-order valence-electron chi connectivity index (χ4n) is 5.27. The number of rotatable bonds is 12. The van der Waals surface area contributed by atoms with Crippen LogP contribution in [0.5, 0.6) is 0 Å². The van der Waals surface area contributed by atoms with E-state index in [1.54, 1.807) is 11.8 Å². The van der Waals surface area contributed by atoms with Crippen molar-refractivity contribution in [2.45, 2.75) is 38.2 Å². The summed E-state index contributed by atoms with van der Waals surface area (Å²) in [6.07, 6.45) is 6.86. The fraction of sp³-hybridized carbons (Fsp3) is 0.205. The van der Waals surface area contributed by atoms with E-state index < -0.39 is 0 Å². The number of fused-ring (bicyclic) bond motifs is 1. The van der Waals surface area contributed by atoms with Crippen molar-refractivity contribution < 1.29 is 14.4 Å². The molecule has 0 fully saturated rings. The molecule has 0 saturated heterocycles. The number of thioether (sulfide) groups is 1. The summed E-state index contributed by atoms with van der Waals surface area (Å²) in [5, 5.41) is 5.05. The average Bonchev–Trinajstić information content (AvgIpc) is 3.17. The summed E-state index contributed by atoms with van der Waals surface area (Å²) in [6.45, 7) is 5.77. The predicted octanol–water partition coefficient (Wildman–Crippen LogP) is 9.33. The molecule has 0 saturated carbocycles. The van der Waals surface area contributed by atoms with Gasteiger partial charge in [-0.2, -0.15) is 0 Å². The molecular weight excluding hydrogens is 612 g/mol. The van der Waals surface area contributed by atoms with Gasteiger partial charge in [-0.05, 0) is 79.4 Å². The summed E-state index contributed by atoms with van der Waals surface area (Å²) in [4.78, 5) is 36.5. The predicted molar refractivity (Wildman–Crippen MR) is 191 cm³/mol. The molecule has 1 heterocycles. The van der Waals surface area contributed by atoms with Gasteiger partial charge in [-0.25, -0.2) is 0 Å². The number of nitrogens with zero attached hydrogens (tertiary/aromatic N) is 2. The highest BCUT2D eigenvalue weighted by molar-refractivity contribution is 7.99. The highest BCUT2D eigenvalue weighted by Gasteiger charge is 2.20. The molecule has 4 aromatic rings. The van der Waals surface area contributed by atoms with E-state index in [4.69, 9.17) is 16.4 Å². The highest BCUT2D eigenvalue weighted by atomic mass is 35.5. The zero-order chi connectivity index (χ0) is 32.3. The van der Waals surface area contributed by atoms with E-state index in [2.05, 4.69) is 17.0 Å². The first kappa shape index (κ1) is 33.0. The van der Waals surface area contributed by atoms with Crippen molar-refractivity contribution in [3.05, 3.63) is 154 Å². The van der Waals surface area contributed by atoms with Crippen molar-refractivity contribution in [2.75, 3.05) is 23.7 Å². The average molecular weight is 649 g/mol. The van der Waals surface area contributed by atoms with Crippen LogP contribution in [0.2, 0.25) is 5.02 Å². The van der Waals surface area contributed by atoms with Crippen LogP contribution in [0.25, 0.3) is 0 Å². The summed E-state index contributed by atoms with van der Waals surface area (Å²) in [6, 6.07) is 30.9. The molecule has 0 amide bonds. The van der Waals surface area contributed by atoms with Crippen LogP contribution in [0.4, 0.5) is 5.69 Å². The number of aryl methyl sites for hydroxylation is 1. The molecule has 234 valence electrons. The van der Waals surface area contributed by atoms with Crippen molar-refractivity contribution in [3.8, 4) is 0 Å². The van der Waals surface area contributed by atoms with E-state index in [0.717, 1.165) is 33.8 Å². The molecule has 0 bridgehead atoms. The van der Waals surface area contributed by atoms with Crippen LogP contribution in [0.3, 0.4) is 0 Å². The molecule has 5 nitrogen and oxygen atoms in total. The third kappa shape index (κ3) is 8.65. The molecule has 0 radical (unpaired) electrons. The van der Waals surface area contributed by atoms with E-state index in [0.29, 0.717) is 52.6 Å². The van der Waals surface area contributed by atoms with Crippen molar-refractivity contribution in [3.63, 3.8) is 0 Å². The number of ketones is 2. The van der Waals surface area contributed by atoms with Crippen LogP contribution in [0.1, 0.15) is 50.8 Å². The van der Waals surface area contributed by atoms with Crippen molar-refractivity contribution in [1.82, 2.24) is 0 Å². The molecular formula is C39H37ClN2O3S. The summed E-state index contributed by atoms with van der Waals surface area (Å²) >= 11 is 7.69. The number of Topliss-reactive ketones (excluding diaryl/α,β-unsaturated/α-hetero) is 2. The van der Waals surface area contributed by atoms with Gasteiger partial charge < -0.3 is 9.74 Å². The molecule has 0 atom stereocenters. The zero-order valence-electron chi connectivity index (χ0n) is 26.1. The molecule has 0 aliphatic carbocycles. The number of hydrogen-bond acceptors (Lipinski definition) is 6. The minimum absolute atomic E-state index is 0.00347. The van der Waals surface area contributed by atoms with Crippen LogP contribution in [-0.2, 0) is 17.9 Å². The second kappa shape index (κ2) is 16.3. The Morgan fingerprint density at radius 2 is 1.72 bits per heavy atom. The number of anilines is 1. The van der Waals surface area contributed by atoms with Gasteiger partial charge in [0.1, 0.15) is 12.3 Å². The Labute approximate surface area is 280 Å². The van der Waals surface area contributed by atoms with E-state index in [1.165, 1.54) is 0 Å². The van der Waals surface area contributed by atoms with E-state index >= 15 is 0 Å². The highest BCUT2D eigenvalue weighted by Crippen LogP contribution is 2.27. The SMILES string of the molecule is CCN1C/C=C\C(C(=O)c2ccccc2C)=C/Cc2cc(C(=O)/C(CCSc3ccc(Cl)cc3)=N/OCc3ccccc3)ccc21. The van der Waals surface area contributed by atoms with Crippen LogP contribution < -0.4 is 4.90 Å². The van der Waals surface area contributed by atoms with Gasteiger partial charge in [0.25, 0.3) is 0 Å². The molecule has 0 N–H and O–H groups in total. The van der Waals surface area contributed by atoms with Gasteiger partial charge in [-0.3, -0.25) is 9.59 Å². The number of carbonyl (C=O) groups excluding carboxylic acids is 2. The van der Waals surface area contributed by atoms with E-state index in [1.807, 2.05) is 122 Å². The third-order valence-corrected chi connectivity index (χ3v) is 9.08. The van der Waals surface area contributed by atoms with Gasteiger partial charge in [-0.15, -0.1) is 11.8 Å². The number of halogens is 1. The maximum atomic E-state index is 14.0. The number of hydrogen-bond donors (Lipinski definition) is 0. The molecule has 1 aliphatic rings. The van der Waals surface area contributed by atoms with Crippen molar-refractivity contribution in [2.24, 2.45) is 5.16 Å². The molecule has 1 aliphatic heterocycles. The lowest BCUT2D eigenvalue weighted by atomic mass is 9.96. The molecule has 4 aromatic carbocycles. The lowest BCUT2D eigenvalue weighted by molar-refractivity contribution is 0.102. The molecule has 7 heteroatoms. The number of likely N-dealkylation sites (N-methyl/N-ethyl adjacent to an activating group) is 1. The number of carbonyl (C=O) groups is 2. The van der Waals surface area contributed by atoms with Crippen molar-refractivity contribution >= 4 is 46.3 Å². The number of benzene rings is 4. The number of allylic oxidation sites excluding steroid dienone is 3. The molecule has 0 aromatic heterocycles. The molecule has 5 rings (SSSR count). The summed E-state index contributed by atoms with van der Waals surface area (Å²) in [5.74, 6) is 0.471. The van der Waals surface area contributed by atoms with Crippen LogP contribution in [0.15, 0.2) is 131 Å². The van der Waals surface area contributed by atoms with Crippen LogP contribution >= 0.6 is 23.4 Å². The summed E-state index contributed by atoms with van der Waals surface area (Å²) in [5.41, 5.74) is 6.18. The maximum absolute atomic E-state index is 14.0. The first-order valence-electron chi connectivity index (χ1n) is 15.4. The smallest absolute Gasteiger partial charge is 0.210 e. The van der Waals surface area contributed by atoms with Crippen LogP contribution in [0, 0.1) is 6.92 Å². The standard InChI is InChI=1S/C39H37ClN2O3S/c1-3-42-24-9-13-30(38(43)35-14-8-7-10-28(35)2)15-16-31-26-32(17-22-37(31)42)39(44)36(41-45-27-29-11-5-4-6-12-29)23-25-46-34-20-18-33(40)19-21-34/h4-15,17-22,26H,3,16,23-25,27H2,1-2H3/b13-9-,30-15+,41-36+. The first-order chi connectivity index (χ1) is 22.4. The van der Waals surface area contributed by atoms with E-state index in [9.17, 15) is 9.59 Å². The Balaban J connectivity index is 1.41. The quantitative estimate of drug-likeness (QED) is 0.0663. The van der Waals surface area contributed by atoms with E-state index in [-0.39, 0.29) is 18.2 Å². The Bertz CT molecular complexity index is 1760.